The van der Waals surface area contributed by atoms with E-state index in [1.807, 2.05) is 0 Å². The normalized spacial score (nSPS) is 10.9. The van der Waals surface area contributed by atoms with Crippen LogP contribution in [0.4, 0.5) is 10.6 Å². The molecule has 112 valence electrons. The van der Waals surface area contributed by atoms with Gasteiger partial charge in [0, 0.05) is 16.6 Å². The number of nitrogen functional groups attached to an aromatic ring is 1. The molecule has 2 rings (SSSR count). The monoisotopic (exact) mass is 309 g/mol. The molecule has 2 N–H and O–H groups in total. The van der Waals surface area contributed by atoms with Crippen LogP contribution in [0.15, 0.2) is 29.1 Å². The van der Waals surface area contributed by atoms with Gasteiger partial charge in [0.25, 0.3) is 5.56 Å². The van der Waals surface area contributed by atoms with Crippen molar-refractivity contribution in [2.45, 2.75) is 19.9 Å². The van der Waals surface area contributed by atoms with Gasteiger partial charge in [-0.1, -0.05) is 29.8 Å². The molecule has 0 saturated carbocycles. The molecule has 0 radical (unpaired) electrons. The van der Waals surface area contributed by atoms with Crippen molar-refractivity contribution >= 4 is 23.5 Å². The van der Waals surface area contributed by atoms with Crippen molar-refractivity contribution in [1.82, 2.24) is 9.36 Å². The molecule has 0 aliphatic rings. The van der Waals surface area contributed by atoms with Crippen molar-refractivity contribution in [2.24, 2.45) is 0 Å². The summed E-state index contributed by atoms with van der Waals surface area (Å²) < 4.78 is 6.98. The first-order chi connectivity index (χ1) is 9.90. The number of hydrogen-bond donors (Lipinski definition) is 1. The zero-order valence-electron chi connectivity index (χ0n) is 12.0. The number of nitrogens with two attached hydrogens (primary N) is 1. The van der Waals surface area contributed by atoms with Crippen LogP contribution in [0.1, 0.15) is 19.9 Å². The topological polar surface area (TPSA) is 79.2 Å². The Morgan fingerprint density at radius 1 is 1.33 bits per heavy atom. The molecule has 0 aliphatic carbocycles. The highest BCUT2D eigenvalue weighted by atomic mass is 35.5. The van der Waals surface area contributed by atoms with Gasteiger partial charge in [-0.25, -0.2) is 9.48 Å². The lowest BCUT2D eigenvalue weighted by atomic mass is 10.1. The minimum atomic E-state index is -0.725. The lowest BCUT2D eigenvalue weighted by Crippen LogP contribution is -2.30. The molecule has 0 amide bonds. The van der Waals surface area contributed by atoms with Crippen LogP contribution < -0.4 is 11.3 Å². The Morgan fingerprint density at radius 3 is 2.48 bits per heavy atom. The Hall–Kier alpha value is -2.21. The molecule has 1 heterocycles. The van der Waals surface area contributed by atoms with Crippen LogP contribution in [0.25, 0.3) is 11.1 Å². The number of carbonyl (C=O) groups excluding carboxylic acids is 1. The third kappa shape index (κ3) is 2.42. The van der Waals surface area contributed by atoms with E-state index in [1.165, 1.54) is 11.8 Å². The van der Waals surface area contributed by atoms with Crippen LogP contribution in [0.3, 0.4) is 0 Å². The van der Waals surface area contributed by atoms with E-state index < -0.39 is 6.09 Å². The second kappa shape index (κ2) is 5.65. The maximum absolute atomic E-state index is 12.6. The highest BCUT2D eigenvalue weighted by Gasteiger charge is 2.26. The highest BCUT2D eigenvalue weighted by molar-refractivity contribution is 6.33. The summed E-state index contributed by atoms with van der Waals surface area (Å²) in [4.78, 5) is 24.5. The first-order valence-corrected chi connectivity index (χ1v) is 6.74. The predicted octanol–water partition coefficient (Wildman–Crippen LogP) is 2.75. The summed E-state index contributed by atoms with van der Waals surface area (Å²) in [6.45, 7) is 3.55. The summed E-state index contributed by atoms with van der Waals surface area (Å²) in [5.74, 6) is 0.00801. The molecule has 1 aromatic carbocycles. The van der Waals surface area contributed by atoms with Gasteiger partial charge in [0.1, 0.15) is 5.82 Å². The molecule has 0 spiro atoms. The zero-order valence-corrected chi connectivity index (χ0v) is 12.7. The second-order valence-electron chi connectivity index (χ2n) is 4.77. The molecule has 1 aromatic heterocycles. The lowest BCUT2D eigenvalue weighted by Gasteiger charge is -2.12. The summed E-state index contributed by atoms with van der Waals surface area (Å²) in [6, 6.07) is 6.57. The largest absolute Gasteiger partial charge is 0.451 e. The maximum Gasteiger partial charge on any atom is 0.434 e. The van der Waals surface area contributed by atoms with E-state index in [9.17, 15) is 9.59 Å². The molecule has 21 heavy (non-hydrogen) atoms. The van der Waals surface area contributed by atoms with Gasteiger partial charge in [-0.2, -0.15) is 4.68 Å². The quantitative estimate of drug-likeness (QED) is 0.925. The SMILES string of the molecule is COC(=O)n1c(N)c(-c2ccccc2Cl)c(=O)n1C(C)C. The highest BCUT2D eigenvalue weighted by Crippen LogP contribution is 2.30. The summed E-state index contributed by atoms with van der Waals surface area (Å²) in [7, 11) is 1.23. The number of aromatic nitrogens is 2. The Labute approximate surface area is 126 Å². The average molecular weight is 310 g/mol. The van der Waals surface area contributed by atoms with Crippen LogP contribution in [0.5, 0.6) is 0 Å². The standard InChI is InChI=1S/C14H16ClN3O3/c1-8(2)17-13(19)11(9-6-4-5-7-10(9)15)12(16)18(17)14(20)21-3/h4-8H,16H2,1-3H3. The van der Waals surface area contributed by atoms with Gasteiger partial charge in [0.05, 0.1) is 12.7 Å². The number of benzene rings is 1. The molecular formula is C14H16ClN3O3. The van der Waals surface area contributed by atoms with Crippen LogP contribution in [-0.2, 0) is 4.74 Å². The minimum absolute atomic E-state index is 0.00801. The van der Waals surface area contributed by atoms with Crippen molar-refractivity contribution < 1.29 is 9.53 Å². The molecule has 0 fully saturated rings. The van der Waals surface area contributed by atoms with Crippen molar-refractivity contribution in [2.75, 3.05) is 12.8 Å². The van der Waals surface area contributed by atoms with Crippen LogP contribution >= 0.6 is 11.6 Å². The van der Waals surface area contributed by atoms with E-state index in [1.54, 1.807) is 38.1 Å². The smallest absolute Gasteiger partial charge is 0.434 e. The molecule has 0 atom stereocenters. The zero-order chi connectivity index (χ0) is 15.7. The minimum Gasteiger partial charge on any atom is -0.451 e. The summed E-state index contributed by atoms with van der Waals surface area (Å²) in [5.41, 5.74) is 6.29. The van der Waals surface area contributed by atoms with Gasteiger partial charge in [-0.15, -0.1) is 0 Å². The molecule has 0 saturated heterocycles. The third-order valence-electron chi connectivity index (χ3n) is 3.10. The Morgan fingerprint density at radius 2 is 1.95 bits per heavy atom. The van der Waals surface area contributed by atoms with Crippen molar-refractivity contribution in [1.29, 1.82) is 0 Å². The first kappa shape index (κ1) is 15.2. The van der Waals surface area contributed by atoms with E-state index >= 15 is 0 Å². The Kier molecular flexibility index (Phi) is 4.09. The van der Waals surface area contributed by atoms with Crippen molar-refractivity contribution in [3.05, 3.63) is 39.6 Å². The fourth-order valence-electron chi connectivity index (χ4n) is 2.19. The van der Waals surface area contributed by atoms with Crippen LogP contribution in [-0.4, -0.2) is 22.6 Å². The van der Waals surface area contributed by atoms with E-state index in [2.05, 4.69) is 0 Å². The van der Waals surface area contributed by atoms with E-state index in [4.69, 9.17) is 22.1 Å². The fourth-order valence-corrected chi connectivity index (χ4v) is 2.42. The van der Waals surface area contributed by atoms with Crippen molar-refractivity contribution in [3.63, 3.8) is 0 Å². The number of halogens is 1. The summed E-state index contributed by atoms with van der Waals surface area (Å²) >= 11 is 6.13. The summed E-state index contributed by atoms with van der Waals surface area (Å²) in [6.07, 6.45) is -0.725. The van der Waals surface area contributed by atoms with Crippen molar-refractivity contribution in [3.8, 4) is 11.1 Å². The molecule has 7 heteroatoms. The fraction of sp³-hybridized carbons (Fsp3) is 0.286. The number of anilines is 1. The molecule has 0 aliphatic heterocycles. The summed E-state index contributed by atoms with van der Waals surface area (Å²) in [5, 5.41) is 0.388. The number of ether oxygens (including phenoxy) is 1. The number of carbonyl (C=O) groups is 1. The number of hydrogen-bond acceptors (Lipinski definition) is 4. The third-order valence-corrected chi connectivity index (χ3v) is 3.43. The van der Waals surface area contributed by atoms with E-state index in [0.29, 0.717) is 10.6 Å². The molecule has 6 nitrogen and oxygen atoms in total. The van der Waals surface area contributed by atoms with Gasteiger partial charge in [0.15, 0.2) is 0 Å². The number of nitrogens with zero attached hydrogens (tertiary/aromatic N) is 2. The first-order valence-electron chi connectivity index (χ1n) is 6.36. The van der Waals surface area contributed by atoms with Gasteiger partial charge in [-0.05, 0) is 19.9 Å². The number of rotatable bonds is 2. The second-order valence-corrected chi connectivity index (χ2v) is 5.17. The Balaban J connectivity index is 2.84. The predicted molar refractivity (Wildman–Crippen MR) is 81.7 cm³/mol. The molecule has 0 unspecified atom stereocenters. The number of methoxy groups -OCH3 is 1. The van der Waals surface area contributed by atoms with Crippen LogP contribution in [0.2, 0.25) is 5.02 Å². The lowest BCUT2D eigenvalue weighted by molar-refractivity contribution is 0.163. The Bertz CT molecular complexity index is 746. The molecule has 2 aromatic rings. The average Bonchev–Trinajstić information content (AvgIpc) is 2.70. The van der Waals surface area contributed by atoms with Crippen LogP contribution in [0, 0.1) is 0 Å². The maximum atomic E-state index is 12.6. The van der Waals surface area contributed by atoms with Gasteiger partial charge in [0.2, 0.25) is 0 Å². The van der Waals surface area contributed by atoms with E-state index in [0.717, 1.165) is 4.68 Å². The van der Waals surface area contributed by atoms with Gasteiger partial charge < -0.3 is 10.5 Å². The van der Waals surface area contributed by atoms with E-state index in [-0.39, 0.29) is 23.0 Å². The molecular weight excluding hydrogens is 294 g/mol. The van der Waals surface area contributed by atoms with Gasteiger partial charge in [-0.3, -0.25) is 4.79 Å². The molecule has 0 bridgehead atoms. The van der Waals surface area contributed by atoms with Gasteiger partial charge >= 0.3 is 6.09 Å².